The van der Waals surface area contributed by atoms with Crippen LogP contribution in [0.25, 0.3) is 0 Å². The van der Waals surface area contributed by atoms with Crippen molar-refractivity contribution in [1.29, 1.82) is 0 Å². The van der Waals surface area contributed by atoms with Gasteiger partial charge in [-0.05, 0) is 48.9 Å². The first-order valence-electron chi connectivity index (χ1n) is 6.87. The average Bonchev–Trinajstić information content (AvgIpc) is 3.18. The smallest absolute Gasteiger partial charge is 0.347 e. The molecule has 0 bridgehead atoms. The van der Waals surface area contributed by atoms with Crippen molar-refractivity contribution in [2.75, 3.05) is 7.11 Å². The number of aryl methyl sites for hydroxylation is 1. The van der Waals surface area contributed by atoms with Crippen LogP contribution in [0.4, 0.5) is 0 Å². The third-order valence-corrected chi connectivity index (χ3v) is 3.49. The third kappa shape index (κ3) is 3.49. The SMILES string of the molecule is COC(=O)C(Oc1cc(C)cc(C(C)C)c1)C1CC1. The van der Waals surface area contributed by atoms with E-state index in [9.17, 15) is 4.79 Å². The molecule has 1 aliphatic rings. The highest BCUT2D eigenvalue weighted by atomic mass is 16.6. The quantitative estimate of drug-likeness (QED) is 0.762. The van der Waals surface area contributed by atoms with Crippen LogP contribution in [-0.2, 0) is 9.53 Å². The second-order valence-electron chi connectivity index (χ2n) is 5.63. The third-order valence-electron chi connectivity index (χ3n) is 3.49. The lowest BCUT2D eigenvalue weighted by atomic mass is 10.0. The number of hydrogen-bond donors (Lipinski definition) is 0. The van der Waals surface area contributed by atoms with Gasteiger partial charge in [-0.15, -0.1) is 0 Å². The van der Waals surface area contributed by atoms with E-state index in [-0.39, 0.29) is 5.97 Å². The van der Waals surface area contributed by atoms with E-state index in [4.69, 9.17) is 9.47 Å². The summed E-state index contributed by atoms with van der Waals surface area (Å²) >= 11 is 0. The van der Waals surface area contributed by atoms with E-state index < -0.39 is 6.10 Å². The van der Waals surface area contributed by atoms with Gasteiger partial charge in [0.25, 0.3) is 0 Å². The Balaban J connectivity index is 2.18. The van der Waals surface area contributed by atoms with Crippen LogP contribution in [0.15, 0.2) is 18.2 Å². The number of methoxy groups -OCH3 is 1. The molecule has 0 N–H and O–H groups in total. The highest BCUT2D eigenvalue weighted by molar-refractivity contribution is 5.75. The molecule has 104 valence electrons. The van der Waals surface area contributed by atoms with Crippen LogP contribution in [0, 0.1) is 12.8 Å². The molecular weight excluding hydrogens is 240 g/mol. The monoisotopic (exact) mass is 262 g/mol. The Kier molecular flexibility index (Phi) is 4.13. The van der Waals surface area contributed by atoms with E-state index in [2.05, 4.69) is 19.9 Å². The molecule has 1 atom stereocenters. The second-order valence-corrected chi connectivity index (χ2v) is 5.63. The Morgan fingerprint density at radius 3 is 2.47 bits per heavy atom. The molecule has 0 aliphatic heterocycles. The van der Waals surface area contributed by atoms with Crippen LogP contribution in [0.3, 0.4) is 0 Å². The van der Waals surface area contributed by atoms with Gasteiger partial charge < -0.3 is 9.47 Å². The molecule has 0 amide bonds. The fourth-order valence-electron chi connectivity index (χ4n) is 2.18. The van der Waals surface area contributed by atoms with Crippen molar-refractivity contribution in [3.63, 3.8) is 0 Å². The predicted molar refractivity (Wildman–Crippen MR) is 74.4 cm³/mol. The normalized spacial score (nSPS) is 16.3. The Morgan fingerprint density at radius 2 is 1.95 bits per heavy atom. The summed E-state index contributed by atoms with van der Waals surface area (Å²) in [5.41, 5.74) is 2.38. The molecule has 0 heterocycles. The van der Waals surface area contributed by atoms with Gasteiger partial charge in [0.05, 0.1) is 7.11 Å². The zero-order valence-corrected chi connectivity index (χ0v) is 12.1. The van der Waals surface area contributed by atoms with E-state index in [1.807, 2.05) is 19.1 Å². The molecule has 1 aromatic rings. The first kappa shape index (κ1) is 13.9. The zero-order valence-electron chi connectivity index (χ0n) is 12.1. The van der Waals surface area contributed by atoms with Gasteiger partial charge in [-0.3, -0.25) is 0 Å². The van der Waals surface area contributed by atoms with Crippen molar-refractivity contribution in [3.8, 4) is 5.75 Å². The summed E-state index contributed by atoms with van der Waals surface area (Å²) in [6, 6.07) is 6.15. The summed E-state index contributed by atoms with van der Waals surface area (Å²) in [6.07, 6.45) is 1.64. The molecule has 3 heteroatoms. The van der Waals surface area contributed by atoms with Crippen LogP contribution in [-0.4, -0.2) is 19.2 Å². The molecule has 2 rings (SSSR count). The average molecular weight is 262 g/mol. The Hall–Kier alpha value is -1.51. The Labute approximate surface area is 114 Å². The number of benzene rings is 1. The van der Waals surface area contributed by atoms with Crippen LogP contribution in [0.1, 0.15) is 43.7 Å². The number of ether oxygens (including phenoxy) is 2. The van der Waals surface area contributed by atoms with Gasteiger partial charge in [0.15, 0.2) is 6.10 Å². The van der Waals surface area contributed by atoms with Gasteiger partial charge >= 0.3 is 5.97 Å². The molecule has 1 aromatic carbocycles. The van der Waals surface area contributed by atoms with Crippen LogP contribution in [0.2, 0.25) is 0 Å². The largest absolute Gasteiger partial charge is 0.478 e. The van der Waals surface area contributed by atoms with Crippen LogP contribution in [0.5, 0.6) is 5.75 Å². The molecule has 0 spiro atoms. The summed E-state index contributed by atoms with van der Waals surface area (Å²) in [7, 11) is 1.41. The number of carbonyl (C=O) groups is 1. The van der Waals surface area contributed by atoms with E-state index in [0.29, 0.717) is 11.8 Å². The summed E-state index contributed by atoms with van der Waals surface area (Å²) < 4.78 is 10.7. The standard InChI is InChI=1S/C16H22O3/c1-10(2)13-7-11(3)8-14(9-13)19-15(12-5-6-12)16(17)18-4/h7-10,12,15H,5-6H2,1-4H3. The minimum absolute atomic E-state index is 0.268. The highest BCUT2D eigenvalue weighted by Gasteiger charge is 2.39. The fraction of sp³-hybridized carbons (Fsp3) is 0.562. The lowest BCUT2D eigenvalue weighted by molar-refractivity contribution is -0.149. The van der Waals surface area contributed by atoms with Gasteiger partial charge in [-0.2, -0.15) is 0 Å². The van der Waals surface area contributed by atoms with Gasteiger partial charge in [0.1, 0.15) is 5.75 Å². The first-order valence-corrected chi connectivity index (χ1v) is 6.87. The van der Waals surface area contributed by atoms with E-state index >= 15 is 0 Å². The molecular formula is C16H22O3. The van der Waals surface area contributed by atoms with E-state index in [1.165, 1.54) is 12.7 Å². The molecule has 3 nitrogen and oxygen atoms in total. The maximum Gasteiger partial charge on any atom is 0.347 e. The van der Waals surface area contributed by atoms with Crippen LogP contribution < -0.4 is 4.74 Å². The number of esters is 1. The lowest BCUT2D eigenvalue weighted by Crippen LogP contribution is -2.30. The Morgan fingerprint density at radius 1 is 1.26 bits per heavy atom. The summed E-state index contributed by atoms with van der Waals surface area (Å²) in [4.78, 5) is 11.8. The van der Waals surface area contributed by atoms with Crippen molar-refractivity contribution in [3.05, 3.63) is 29.3 Å². The minimum Gasteiger partial charge on any atom is -0.478 e. The van der Waals surface area contributed by atoms with Gasteiger partial charge in [-0.25, -0.2) is 4.79 Å². The molecule has 1 saturated carbocycles. The Bertz CT molecular complexity index is 461. The number of carbonyl (C=O) groups excluding carboxylic acids is 1. The van der Waals surface area contributed by atoms with Gasteiger partial charge in [0.2, 0.25) is 0 Å². The zero-order chi connectivity index (χ0) is 14.0. The summed E-state index contributed by atoms with van der Waals surface area (Å²) in [6.45, 7) is 6.34. The van der Waals surface area contributed by atoms with Gasteiger partial charge in [-0.1, -0.05) is 19.9 Å². The van der Waals surface area contributed by atoms with Crippen LogP contribution >= 0.6 is 0 Å². The topological polar surface area (TPSA) is 35.5 Å². The molecule has 0 radical (unpaired) electrons. The fourth-order valence-corrected chi connectivity index (χ4v) is 2.18. The number of rotatable bonds is 5. The predicted octanol–water partition coefficient (Wildman–Crippen LogP) is 3.45. The molecule has 1 unspecified atom stereocenters. The molecule has 0 saturated heterocycles. The van der Waals surface area contributed by atoms with Crippen molar-refractivity contribution in [2.24, 2.45) is 5.92 Å². The van der Waals surface area contributed by atoms with E-state index in [0.717, 1.165) is 24.2 Å². The molecule has 0 aromatic heterocycles. The van der Waals surface area contributed by atoms with Gasteiger partial charge in [0, 0.05) is 5.92 Å². The van der Waals surface area contributed by atoms with E-state index in [1.54, 1.807) is 0 Å². The maximum atomic E-state index is 11.8. The maximum absolute atomic E-state index is 11.8. The van der Waals surface area contributed by atoms with Crippen molar-refractivity contribution in [1.82, 2.24) is 0 Å². The first-order chi connectivity index (χ1) is 9.01. The molecule has 1 aliphatic carbocycles. The highest BCUT2D eigenvalue weighted by Crippen LogP contribution is 2.36. The number of hydrogen-bond acceptors (Lipinski definition) is 3. The molecule has 19 heavy (non-hydrogen) atoms. The van der Waals surface area contributed by atoms with Crippen molar-refractivity contribution < 1.29 is 14.3 Å². The van der Waals surface area contributed by atoms with Crippen molar-refractivity contribution in [2.45, 2.75) is 45.6 Å². The summed E-state index contributed by atoms with van der Waals surface area (Å²) in [5.74, 6) is 1.26. The lowest BCUT2D eigenvalue weighted by Gasteiger charge is -2.18. The summed E-state index contributed by atoms with van der Waals surface area (Å²) in [5, 5.41) is 0. The molecule has 1 fully saturated rings. The minimum atomic E-state index is -0.452. The second kappa shape index (κ2) is 5.64. The van der Waals surface area contributed by atoms with Crippen molar-refractivity contribution >= 4 is 5.97 Å².